The van der Waals surface area contributed by atoms with E-state index in [0.29, 0.717) is 18.0 Å². The molecular weight excluding hydrogens is 288 g/mol. The van der Waals surface area contributed by atoms with Crippen LogP contribution in [0.1, 0.15) is 18.1 Å². The standard InChI is InChI=1S/C19H18N2O2/c1-3-23-18-10-5-4-9-17(18)21-19(22)16(13-20)12-15-8-6-7-14(2)11-15/h4-12H,3H2,1-2H3,(H,21,22)/b16-12-. The van der Waals surface area contributed by atoms with Gasteiger partial charge in [0.15, 0.2) is 0 Å². The van der Waals surface area contributed by atoms with E-state index in [2.05, 4.69) is 5.32 Å². The molecule has 2 rings (SSSR count). The molecule has 0 aliphatic carbocycles. The quantitative estimate of drug-likeness (QED) is 0.672. The fourth-order valence-electron chi connectivity index (χ4n) is 2.12. The maximum absolute atomic E-state index is 12.3. The maximum atomic E-state index is 12.3. The van der Waals surface area contributed by atoms with E-state index in [0.717, 1.165) is 11.1 Å². The van der Waals surface area contributed by atoms with Gasteiger partial charge in [0.1, 0.15) is 17.4 Å². The van der Waals surface area contributed by atoms with Crippen LogP contribution in [0.4, 0.5) is 5.69 Å². The smallest absolute Gasteiger partial charge is 0.266 e. The molecule has 4 nitrogen and oxygen atoms in total. The molecule has 2 aromatic rings. The molecule has 0 saturated carbocycles. The van der Waals surface area contributed by atoms with Crippen LogP contribution in [0.15, 0.2) is 54.1 Å². The van der Waals surface area contributed by atoms with Crippen LogP contribution >= 0.6 is 0 Å². The van der Waals surface area contributed by atoms with Gasteiger partial charge in [0.25, 0.3) is 5.91 Å². The highest BCUT2D eigenvalue weighted by Crippen LogP contribution is 2.24. The van der Waals surface area contributed by atoms with E-state index in [1.807, 2.05) is 50.2 Å². The summed E-state index contributed by atoms with van der Waals surface area (Å²) in [4.78, 5) is 12.3. The highest BCUT2D eigenvalue weighted by molar-refractivity contribution is 6.10. The van der Waals surface area contributed by atoms with Crippen LogP contribution in [0.3, 0.4) is 0 Å². The third kappa shape index (κ3) is 4.45. The third-order valence-corrected chi connectivity index (χ3v) is 3.15. The second-order valence-corrected chi connectivity index (χ2v) is 4.97. The van der Waals surface area contributed by atoms with E-state index in [9.17, 15) is 10.1 Å². The second-order valence-electron chi connectivity index (χ2n) is 4.97. The minimum absolute atomic E-state index is 0.0434. The maximum Gasteiger partial charge on any atom is 0.266 e. The molecule has 0 bridgehead atoms. The van der Waals surface area contributed by atoms with E-state index in [-0.39, 0.29) is 5.57 Å². The van der Waals surface area contributed by atoms with Crippen molar-refractivity contribution in [1.82, 2.24) is 0 Å². The second kappa shape index (κ2) is 7.81. The van der Waals surface area contributed by atoms with Crippen LogP contribution in [0.25, 0.3) is 6.08 Å². The van der Waals surface area contributed by atoms with Crippen molar-refractivity contribution in [2.45, 2.75) is 13.8 Å². The molecule has 0 saturated heterocycles. The lowest BCUT2D eigenvalue weighted by molar-refractivity contribution is -0.112. The molecule has 116 valence electrons. The van der Waals surface area contributed by atoms with Crippen LogP contribution < -0.4 is 10.1 Å². The summed E-state index contributed by atoms with van der Waals surface area (Å²) < 4.78 is 5.47. The molecule has 1 N–H and O–H groups in total. The number of nitriles is 1. The minimum Gasteiger partial charge on any atom is -0.492 e. The Balaban J connectivity index is 2.23. The molecule has 1 amide bonds. The Morgan fingerprint density at radius 3 is 2.74 bits per heavy atom. The predicted octanol–water partition coefficient (Wildman–Crippen LogP) is 3.94. The average molecular weight is 306 g/mol. The monoisotopic (exact) mass is 306 g/mol. The number of carbonyl (C=O) groups excluding carboxylic acids is 1. The van der Waals surface area contributed by atoms with Gasteiger partial charge >= 0.3 is 0 Å². The number of para-hydroxylation sites is 2. The van der Waals surface area contributed by atoms with Crippen molar-refractivity contribution in [3.05, 3.63) is 65.2 Å². The van der Waals surface area contributed by atoms with Gasteiger partial charge in [0, 0.05) is 0 Å². The summed E-state index contributed by atoms with van der Waals surface area (Å²) in [5, 5.41) is 12.0. The van der Waals surface area contributed by atoms with Crippen molar-refractivity contribution >= 4 is 17.7 Å². The number of hydrogen-bond acceptors (Lipinski definition) is 3. The molecule has 2 aromatic carbocycles. The number of amides is 1. The summed E-state index contributed by atoms with van der Waals surface area (Å²) in [5.74, 6) is 0.123. The van der Waals surface area contributed by atoms with Crippen molar-refractivity contribution in [2.24, 2.45) is 0 Å². The normalized spacial score (nSPS) is 10.7. The number of benzene rings is 2. The van der Waals surface area contributed by atoms with E-state index < -0.39 is 5.91 Å². The summed E-state index contributed by atoms with van der Waals surface area (Å²) in [6.45, 7) is 4.33. The summed E-state index contributed by atoms with van der Waals surface area (Å²) in [5.41, 5.74) is 2.47. The number of aryl methyl sites for hydroxylation is 1. The van der Waals surface area contributed by atoms with E-state index in [4.69, 9.17) is 4.74 Å². The lowest BCUT2D eigenvalue weighted by Gasteiger charge is -2.10. The Bertz CT molecular complexity index is 773. The van der Waals surface area contributed by atoms with Gasteiger partial charge in [-0.15, -0.1) is 0 Å². The van der Waals surface area contributed by atoms with Crippen molar-refractivity contribution < 1.29 is 9.53 Å². The molecule has 0 aliphatic heterocycles. The van der Waals surface area contributed by atoms with Crippen molar-refractivity contribution in [1.29, 1.82) is 5.26 Å². The molecule has 0 aromatic heterocycles. The van der Waals surface area contributed by atoms with Crippen molar-refractivity contribution in [2.75, 3.05) is 11.9 Å². The Morgan fingerprint density at radius 2 is 2.04 bits per heavy atom. The van der Waals surface area contributed by atoms with Crippen LogP contribution in [-0.2, 0) is 4.79 Å². The zero-order chi connectivity index (χ0) is 16.7. The zero-order valence-corrected chi connectivity index (χ0v) is 13.2. The molecule has 0 spiro atoms. The fourth-order valence-corrected chi connectivity index (χ4v) is 2.12. The third-order valence-electron chi connectivity index (χ3n) is 3.15. The minimum atomic E-state index is -0.457. The van der Waals surface area contributed by atoms with Crippen LogP contribution in [-0.4, -0.2) is 12.5 Å². The summed E-state index contributed by atoms with van der Waals surface area (Å²) in [7, 11) is 0. The molecular formula is C19H18N2O2. The first-order valence-electron chi connectivity index (χ1n) is 7.35. The van der Waals surface area contributed by atoms with Gasteiger partial charge < -0.3 is 10.1 Å². The summed E-state index contributed by atoms with van der Waals surface area (Å²) in [6.07, 6.45) is 1.58. The molecule has 4 heteroatoms. The number of nitrogens with one attached hydrogen (secondary N) is 1. The number of rotatable bonds is 5. The molecule has 0 unspecified atom stereocenters. The molecule has 0 fully saturated rings. The van der Waals surface area contributed by atoms with E-state index >= 15 is 0 Å². The number of ether oxygens (including phenoxy) is 1. The fraction of sp³-hybridized carbons (Fsp3) is 0.158. The summed E-state index contributed by atoms with van der Waals surface area (Å²) >= 11 is 0. The number of hydrogen-bond donors (Lipinski definition) is 1. The van der Waals surface area contributed by atoms with Crippen LogP contribution in [0.5, 0.6) is 5.75 Å². The number of carbonyl (C=O) groups is 1. The Kier molecular flexibility index (Phi) is 5.54. The van der Waals surface area contributed by atoms with Gasteiger partial charge in [0.05, 0.1) is 12.3 Å². The molecule has 23 heavy (non-hydrogen) atoms. The first kappa shape index (κ1) is 16.3. The lowest BCUT2D eigenvalue weighted by atomic mass is 10.1. The Labute approximate surface area is 136 Å². The van der Waals surface area contributed by atoms with Crippen LogP contribution in [0.2, 0.25) is 0 Å². The van der Waals surface area contributed by atoms with Gasteiger partial charge in [-0.25, -0.2) is 0 Å². The molecule has 0 aliphatic rings. The topological polar surface area (TPSA) is 62.1 Å². The SMILES string of the molecule is CCOc1ccccc1NC(=O)/C(C#N)=C\c1cccc(C)c1. The largest absolute Gasteiger partial charge is 0.492 e. The first-order chi connectivity index (χ1) is 11.1. The Morgan fingerprint density at radius 1 is 1.26 bits per heavy atom. The number of nitrogens with zero attached hydrogens (tertiary/aromatic N) is 1. The van der Waals surface area contributed by atoms with Crippen LogP contribution in [0, 0.1) is 18.3 Å². The summed E-state index contributed by atoms with van der Waals surface area (Å²) in [6, 6.07) is 16.7. The van der Waals surface area contributed by atoms with Gasteiger partial charge in [0.2, 0.25) is 0 Å². The van der Waals surface area contributed by atoms with E-state index in [1.165, 1.54) is 0 Å². The first-order valence-corrected chi connectivity index (χ1v) is 7.35. The molecule has 0 atom stereocenters. The zero-order valence-electron chi connectivity index (χ0n) is 13.2. The predicted molar refractivity (Wildman–Crippen MR) is 91.0 cm³/mol. The van der Waals surface area contributed by atoms with Gasteiger partial charge in [-0.1, -0.05) is 42.0 Å². The Hall–Kier alpha value is -3.06. The molecule has 0 radical (unpaired) electrons. The highest BCUT2D eigenvalue weighted by atomic mass is 16.5. The van der Waals surface area contributed by atoms with Crippen molar-refractivity contribution in [3.8, 4) is 11.8 Å². The van der Waals surface area contributed by atoms with E-state index in [1.54, 1.807) is 24.3 Å². The molecule has 0 heterocycles. The van der Waals surface area contributed by atoms with Gasteiger partial charge in [-0.2, -0.15) is 5.26 Å². The number of anilines is 1. The van der Waals surface area contributed by atoms with Gasteiger partial charge in [-0.05, 0) is 37.6 Å². The van der Waals surface area contributed by atoms with Crippen molar-refractivity contribution in [3.63, 3.8) is 0 Å². The lowest BCUT2D eigenvalue weighted by Crippen LogP contribution is -2.14. The highest BCUT2D eigenvalue weighted by Gasteiger charge is 2.12. The average Bonchev–Trinajstić information content (AvgIpc) is 2.54. The van der Waals surface area contributed by atoms with Gasteiger partial charge in [-0.3, -0.25) is 4.79 Å².